The molecule has 0 aromatic heterocycles. The monoisotopic (exact) mass is 276 g/mol. The Morgan fingerprint density at radius 3 is 2.70 bits per heavy atom. The lowest BCUT2D eigenvalue weighted by atomic mass is 9.85. The van der Waals surface area contributed by atoms with Crippen LogP contribution in [-0.4, -0.2) is 31.2 Å². The van der Waals surface area contributed by atoms with E-state index in [-0.39, 0.29) is 5.78 Å². The Morgan fingerprint density at radius 1 is 1.30 bits per heavy atom. The fraction of sp³-hybridized carbons (Fsp3) is 0.588. The summed E-state index contributed by atoms with van der Waals surface area (Å²) in [5, 5.41) is 0. The number of Topliss-reactive ketones (excluding diaryl/α,β-unsaturated/α-hetero) is 1. The average molecular weight is 276 g/mol. The van der Waals surface area contributed by atoms with Gasteiger partial charge in [-0.1, -0.05) is 31.5 Å². The van der Waals surface area contributed by atoms with Gasteiger partial charge >= 0.3 is 0 Å². The summed E-state index contributed by atoms with van der Waals surface area (Å²) in [5.41, 5.74) is 1.31. The van der Waals surface area contributed by atoms with Crippen LogP contribution in [0, 0.1) is 0 Å². The molecule has 1 aliphatic rings. The molecule has 2 rings (SSSR count). The number of hydrogen-bond donors (Lipinski definition) is 0. The third-order valence-electron chi connectivity index (χ3n) is 3.86. The maximum Gasteiger partial charge on any atom is 0.194 e. The van der Waals surface area contributed by atoms with Crippen molar-refractivity contribution in [2.24, 2.45) is 0 Å². The van der Waals surface area contributed by atoms with Crippen LogP contribution in [0.4, 0.5) is 0 Å². The van der Waals surface area contributed by atoms with E-state index in [1.165, 1.54) is 5.56 Å². The maximum absolute atomic E-state index is 12.9. The Labute approximate surface area is 121 Å². The van der Waals surface area contributed by atoms with Crippen molar-refractivity contribution in [3.8, 4) is 0 Å². The first-order chi connectivity index (χ1) is 9.72. The molecule has 3 nitrogen and oxygen atoms in total. The molecule has 1 saturated heterocycles. The van der Waals surface area contributed by atoms with E-state index in [2.05, 4.69) is 13.0 Å². The van der Waals surface area contributed by atoms with Crippen LogP contribution in [0.3, 0.4) is 0 Å². The summed E-state index contributed by atoms with van der Waals surface area (Å²) in [6.07, 6.45) is 3.39. The molecule has 1 aromatic carbocycles. The van der Waals surface area contributed by atoms with Crippen molar-refractivity contribution < 1.29 is 14.3 Å². The smallest absolute Gasteiger partial charge is 0.194 e. The molecule has 0 saturated carbocycles. The number of ether oxygens (including phenoxy) is 2. The molecular formula is C17H24O3. The zero-order valence-electron chi connectivity index (χ0n) is 12.5. The fourth-order valence-electron chi connectivity index (χ4n) is 2.83. The standard InChI is InChI=1S/C17H24O3/c1-3-6-14-7-5-8-15(13-14)16(18)17(20-4-2)9-11-19-12-10-17/h5,7-8,13H,3-4,6,9-12H2,1-2H3. The van der Waals surface area contributed by atoms with Gasteiger partial charge in [0, 0.05) is 38.2 Å². The van der Waals surface area contributed by atoms with E-state index in [1.54, 1.807) is 0 Å². The van der Waals surface area contributed by atoms with Gasteiger partial charge in [-0.2, -0.15) is 0 Å². The molecule has 3 heteroatoms. The molecule has 1 heterocycles. The Hall–Kier alpha value is -1.19. The minimum atomic E-state index is -0.683. The van der Waals surface area contributed by atoms with E-state index >= 15 is 0 Å². The highest BCUT2D eigenvalue weighted by Crippen LogP contribution is 2.29. The second-order valence-electron chi connectivity index (χ2n) is 5.32. The van der Waals surface area contributed by atoms with Crippen LogP contribution in [0.25, 0.3) is 0 Å². The second kappa shape index (κ2) is 7.00. The van der Waals surface area contributed by atoms with Gasteiger partial charge < -0.3 is 9.47 Å². The lowest BCUT2D eigenvalue weighted by Crippen LogP contribution is -2.46. The van der Waals surface area contributed by atoms with Crippen molar-refractivity contribution in [3.05, 3.63) is 35.4 Å². The molecule has 0 aliphatic carbocycles. The molecule has 0 atom stereocenters. The van der Waals surface area contributed by atoms with E-state index in [1.807, 2.05) is 25.1 Å². The molecule has 0 unspecified atom stereocenters. The van der Waals surface area contributed by atoms with Crippen molar-refractivity contribution >= 4 is 5.78 Å². The minimum absolute atomic E-state index is 0.112. The first kappa shape index (κ1) is 15.2. The summed E-state index contributed by atoms with van der Waals surface area (Å²) in [6.45, 7) is 5.84. The summed E-state index contributed by atoms with van der Waals surface area (Å²) >= 11 is 0. The second-order valence-corrected chi connectivity index (χ2v) is 5.32. The van der Waals surface area contributed by atoms with Crippen LogP contribution >= 0.6 is 0 Å². The quantitative estimate of drug-likeness (QED) is 0.747. The van der Waals surface area contributed by atoms with E-state index in [0.717, 1.165) is 18.4 Å². The Bertz CT molecular complexity index is 442. The van der Waals surface area contributed by atoms with Crippen molar-refractivity contribution in [1.82, 2.24) is 0 Å². The van der Waals surface area contributed by atoms with Gasteiger partial charge in [0.15, 0.2) is 5.78 Å². The number of rotatable bonds is 6. The van der Waals surface area contributed by atoms with Gasteiger partial charge in [-0.05, 0) is 25.0 Å². The van der Waals surface area contributed by atoms with Crippen molar-refractivity contribution in [2.75, 3.05) is 19.8 Å². The first-order valence-corrected chi connectivity index (χ1v) is 7.57. The third kappa shape index (κ3) is 3.28. The van der Waals surface area contributed by atoms with Crippen molar-refractivity contribution in [2.45, 2.75) is 45.1 Å². The zero-order valence-corrected chi connectivity index (χ0v) is 12.5. The van der Waals surface area contributed by atoms with Crippen LogP contribution in [-0.2, 0) is 15.9 Å². The lowest BCUT2D eigenvalue weighted by Gasteiger charge is -2.35. The fourth-order valence-corrected chi connectivity index (χ4v) is 2.83. The molecule has 0 amide bonds. The molecule has 0 bridgehead atoms. The highest BCUT2D eigenvalue weighted by atomic mass is 16.5. The zero-order chi connectivity index (χ0) is 14.4. The highest BCUT2D eigenvalue weighted by molar-refractivity contribution is 6.02. The number of ketones is 1. The van der Waals surface area contributed by atoms with E-state index in [0.29, 0.717) is 32.7 Å². The SMILES string of the molecule is CCCc1cccc(C(=O)C2(OCC)CCOCC2)c1. The lowest BCUT2D eigenvalue weighted by molar-refractivity contribution is -0.0822. The molecule has 1 fully saturated rings. The molecule has 20 heavy (non-hydrogen) atoms. The van der Waals surface area contributed by atoms with Gasteiger partial charge in [-0.3, -0.25) is 4.79 Å². The highest BCUT2D eigenvalue weighted by Gasteiger charge is 2.41. The number of hydrogen-bond acceptors (Lipinski definition) is 3. The summed E-state index contributed by atoms with van der Waals surface area (Å²) in [6, 6.07) is 7.97. The van der Waals surface area contributed by atoms with Crippen LogP contribution < -0.4 is 0 Å². The molecular weight excluding hydrogens is 252 g/mol. The Kier molecular flexibility index (Phi) is 5.32. The number of carbonyl (C=O) groups is 1. The largest absolute Gasteiger partial charge is 0.381 e. The Balaban J connectivity index is 2.24. The number of benzene rings is 1. The molecule has 110 valence electrons. The van der Waals surface area contributed by atoms with Crippen molar-refractivity contribution in [1.29, 1.82) is 0 Å². The van der Waals surface area contributed by atoms with E-state index in [4.69, 9.17) is 9.47 Å². The molecule has 1 aliphatic heterocycles. The van der Waals surface area contributed by atoms with Crippen LogP contribution in [0.2, 0.25) is 0 Å². The van der Waals surface area contributed by atoms with Gasteiger partial charge in [0.05, 0.1) is 0 Å². The Morgan fingerprint density at radius 2 is 2.05 bits per heavy atom. The third-order valence-corrected chi connectivity index (χ3v) is 3.86. The minimum Gasteiger partial charge on any atom is -0.381 e. The van der Waals surface area contributed by atoms with Gasteiger partial charge in [0.2, 0.25) is 0 Å². The van der Waals surface area contributed by atoms with Crippen LogP contribution in [0.1, 0.15) is 49.0 Å². The predicted octanol–water partition coefficient (Wildman–Crippen LogP) is 3.41. The average Bonchev–Trinajstić information content (AvgIpc) is 2.48. The van der Waals surface area contributed by atoms with Crippen molar-refractivity contribution in [3.63, 3.8) is 0 Å². The first-order valence-electron chi connectivity index (χ1n) is 7.57. The summed E-state index contributed by atoms with van der Waals surface area (Å²) in [5.74, 6) is 0.112. The summed E-state index contributed by atoms with van der Waals surface area (Å²) in [7, 11) is 0. The molecule has 1 aromatic rings. The van der Waals surface area contributed by atoms with E-state index < -0.39 is 5.60 Å². The molecule has 0 spiro atoms. The van der Waals surface area contributed by atoms with Gasteiger partial charge in [-0.15, -0.1) is 0 Å². The maximum atomic E-state index is 12.9. The molecule has 0 N–H and O–H groups in total. The van der Waals surface area contributed by atoms with Gasteiger partial charge in [-0.25, -0.2) is 0 Å². The summed E-state index contributed by atoms with van der Waals surface area (Å²) in [4.78, 5) is 12.9. The normalized spacial score (nSPS) is 17.9. The molecule has 0 radical (unpaired) electrons. The predicted molar refractivity (Wildman–Crippen MR) is 79.2 cm³/mol. The van der Waals surface area contributed by atoms with E-state index in [9.17, 15) is 4.79 Å². The van der Waals surface area contributed by atoms with Gasteiger partial charge in [0.1, 0.15) is 5.60 Å². The topological polar surface area (TPSA) is 35.5 Å². The number of carbonyl (C=O) groups excluding carboxylic acids is 1. The summed E-state index contributed by atoms with van der Waals surface area (Å²) < 4.78 is 11.2. The number of aryl methyl sites for hydroxylation is 1. The van der Waals surface area contributed by atoms with Gasteiger partial charge in [0.25, 0.3) is 0 Å². The van der Waals surface area contributed by atoms with Crippen LogP contribution in [0.5, 0.6) is 0 Å². The van der Waals surface area contributed by atoms with Crippen LogP contribution in [0.15, 0.2) is 24.3 Å².